The van der Waals surface area contributed by atoms with Gasteiger partial charge in [-0.3, -0.25) is 9.59 Å². The van der Waals surface area contributed by atoms with Crippen LogP contribution in [-0.2, 0) is 0 Å². The molecule has 0 fully saturated rings. The van der Waals surface area contributed by atoms with E-state index in [1.54, 1.807) is 6.92 Å². The standard InChI is InChI=1S/C15H16N2O2/c1-9-4-5-13(10(2)6-9)17-15(19)12-8-16-11(3)7-14(12)18/h4-8H,1-3H3,(H,16,18)(H,17,19). The van der Waals surface area contributed by atoms with Gasteiger partial charge >= 0.3 is 0 Å². The monoisotopic (exact) mass is 256 g/mol. The highest BCUT2D eigenvalue weighted by Crippen LogP contribution is 2.16. The normalized spacial score (nSPS) is 10.3. The van der Waals surface area contributed by atoms with Gasteiger partial charge in [0.15, 0.2) is 5.43 Å². The molecule has 1 amide bonds. The molecule has 0 bridgehead atoms. The van der Waals surface area contributed by atoms with Crippen LogP contribution < -0.4 is 10.7 Å². The van der Waals surface area contributed by atoms with Gasteiger partial charge in [-0.05, 0) is 32.4 Å². The molecule has 1 aromatic heterocycles. The topological polar surface area (TPSA) is 62.0 Å². The van der Waals surface area contributed by atoms with E-state index in [1.165, 1.54) is 12.3 Å². The summed E-state index contributed by atoms with van der Waals surface area (Å²) in [6, 6.07) is 7.15. The highest BCUT2D eigenvalue weighted by molar-refractivity contribution is 6.04. The summed E-state index contributed by atoms with van der Waals surface area (Å²) < 4.78 is 0. The third-order valence-corrected chi connectivity index (χ3v) is 2.93. The van der Waals surface area contributed by atoms with Crippen molar-refractivity contribution >= 4 is 11.6 Å². The Labute approximate surface area is 111 Å². The fourth-order valence-corrected chi connectivity index (χ4v) is 1.89. The van der Waals surface area contributed by atoms with Gasteiger partial charge in [0, 0.05) is 23.6 Å². The van der Waals surface area contributed by atoms with Crippen molar-refractivity contribution in [1.29, 1.82) is 0 Å². The molecule has 0 atom stereocenters. The van der Waals surface area contributed by atoms with E-state index < -0.39 is 5.91 Å². The average Bonchev–Trinajstić information content (AvgIpc) is 2.32. The van der Waals surface area contributed by atoms with E-state index >= 15 is 0 Å². The lowest BCUT2D eigenvalue weighted by molar-refractivity contribution is 0.102. The lowest BCUT2D eigenvalue weighted by Gasteiger charge is -2.09. The van der Waals surface area contributed by atoms with Gasteiger partial charge in [0.05, 0.1) is 0 Å². The van der Waals surface area contributed by atoms with Crippen LogP contribution in [0.15, 0.2) is 35.3 Å². The molecule has 19 heavy (non-hydrogen) atoms. The predicted octanol–water partition coefficient (Wildman–Crippen LogP) is 2.55. The first kappa shape index (κ1) is 13.1. The lowest BCUT2D eigenvalue weighted by Crippen LogP contribution is -2.21. The molecule has 0 unspecified atom stereocenters. The van der Waals surface area contributed by atoms with Crippen molar-refractivity contribution in [3.8, 4) is 0 Å². The Morgan fingerprint density at radius 2 is 1.89 bits per heavy atom. The van der Waals surface area contributed by atoms with Crippen LogP contribution in [0.4, 0.5) is 5.69 Å². The van der Waals surface area contributed by atoms with Gasteiger partial charge in [-0.1, -0.05) is 17.7 Å². The third-order valence-electron chi connectivity index (χ3n) is 2.93. The molecule has 1 aromatic carbocycles. The Bertz CT molecular complexity index is 687. The summed E-state index contributed by atoms with van der Waals surface area (Å²) in [6.07, 6.45) is 1.44. The number of amides is 1. The molecule has 0 aliphatic heterocycles. The van der Waals surface area contributed by atoms with E-state index in [-0.39, 0.29) is 11.0 Å². The Balaban J connectivity index is 2.28. The van der Waals surface area contributed by atoms with E-state index in [9.17, 15) is 9.59 Å². The van der Waals surface area contributed by atoms with Crippen LogP contribution in [0.25, 0.3) is 0 Å². The van der Waals surface area contributed by atoms with Crippen LogP contribution in [0.2, 0.25) is 0 Å². The number of rotatable bonds is 2. The molecule has 4 nitrogen and oxygen atoms in total. The van der Waals surface area contributed by atoms with E-state index in [0.717, 1.165) is 22.5 Å². The van der Waals surface area contributed by atoms with Gasteiger partial charge < -0.3 is 10.3 Å². The number of aromatic amines is 1. The van der Waals surface area contributed by atoms with Gasteiger partial charge in [0.1, 0.15) is 5.56 Å². The largest absolute Gasteiger partial charge is 0.364 e. The lowest BCUT2D eigenvalue weighted by atomic mass is 10.1. The minimum absolute atomic E-state index is 0.116. The zero-order chi connectivity index (χ0) is 14.0. The molecule has 2 aromatic rings. The number of H-pyrrole nitrogens is 1. The number of aryl methyl sites for hydroxylation is 3. The van der Waals surface area contributed by atoms with Crippen LogP contribution in [0, 0.1) is 20.8 Å². The molecule has 0 saturated carbocycles. The molecule has 2 N–H and O–H groups in total. The number of pyridine rings is 1. The second-order valence-electron chi connectivity index (χ2n) is 4.67. The van der Waals surface area contributed by atoms with Gasteiger partial charge in [0.25, 0.3) is 5.91 Å². The van der Waals surface area contributed by atoms with Crippen molar-refractivity contribution in [3.05, 3.63) is 63.1 Å². The molecular formula is C15H16N2O2. The van der Waals surface area contributed by atoms with Crippen molar-refractivity contribution < 1.29 is 4.79 Å². The number of aromatic nitrogens is 1. The number of hydrogen-bond acceptors (Lipinski definition) is 2. The number of benzene rings is 1. The zero-order valence-electron chi connectivity index (χ0n) is 11.2. The zero-order valence-corrected chi connectivity index (χ0v) is 11.2. The van der Waals surface area contributed by atoms with Crippen molar-refractivity contribution in [2.24, 2.45) is 0 Å². The maximum Gasteiger partial charge on any atom is 0.261 e. The molecule has 0 spiro atoms. The third kappa shape index (κ3) is 2.91. The van der Waals surface area contributed by atoms with Crippen LogP contribution >= 0.6 is 0 Å². The summed E-state index contributed by atoms with van der Waals surface area (Å²) in [5.74, 6) is -0.395. The Morgan fingerprint density at radius 1 is 1.16 bits per heavy atom. The van der Waals surface area contributed by atoms with Gasteiger partial charge in [0.2, 0.25) is 0 Å². The summed E-state index contributed by atoms with van der Waals surface area (Å²) in [5, 5.41) is 2.76. The highest BCUT2D eigenvalue weighted by atomic mass is 16.2. The molecule has 2 rings (SSSR count). The molecule has 0 aliphatic carbocycles. The molecule has 98 valence electrons. The maximum atomic E-state index is 12.1. The number of carbonyl (C=O) groups is 1. The Kier molecular flexibility index (Phi) is 3.51. The molecule has 0 saturated heterocycles. The Hall–Kier alpha value is -2.36. The second-order valence-corrected chi connectivity index (χ2v) is 4.67. The minimum Gasteiger partial charge on any atom is -0.364 e. The first-order chi connectivity index (χ1) is 8.97. The van der Waals surface area contributed by atoms with E-state index in [1.807, 2.05) is 32.0 Å². The van der Waals surface area contributed by atoms with Crippen LogP contribution in [0.1, 0.15) is 27.2 Å². The summed E-state index contributed by atoms with van der Waals surface area (Å²) >= 11 is 0. The first-order valence-electron chi connectivity index (χ1n) is 6.05. The summed E-state index contributed by atoms with van der Waals surface area (Å²) in [5.41, 5.74) is 3.38. The second kappa shape index (κ2) is 5.10. The number of nitrogens with one attached hydrogen (secondary N) is 2. The van der Waals surface area contributed by atoms with Gasteiger partial charge in [-0.25, -0.2) is 0 Å². The predicted molar refractivity (Wildman–Crippen MR) is 75.7 cm³/mol. The number of anilines is 1. The van der Waals surface area contributed by atoms with Crippen LogP contribution in [0.3, 0.4) is 0 Å². The Morgan fingerprint density at radius 3 is 2.53 bits per heavy atom. The van der Waals surface area contributed by atoms with Crippen molar-refractivity contribution in [1.82, 2.24) is 4.98 Å². The fraction of sp³-hybridized carbons (Fsp3) is 0.200. The quantitative estimate of drug-likeness (QED) is 0.867. The summed E-state index contributed by atoms with van der Waals surface area (Å²) in [7, 11) is 0. The summed E-state index contributed by atoms with van der Waals surface area (Å²) in [4.78, 5) is 26.7. The highest BCUT2D eigenvalue weighted by Gasteiger charge is 2.11. The number of carbonyl (C=O) groups excluding carboxylic acids is 1. The van der Waals surface area contributed by atoms with Gasteiger partial charge in [-0.2, -0.15) is 0 Å². The molecular weight excluding hydrogens is 240 g/mol. The van der Waals surface area contributed by atoms with Crippen molar-refractivity contribution in [3.63, 3.8) is 0 Å². The van der Waals surface area contributed by atoms with Gasteiger partial charge in [-0.15, -0.1) is 0 Å². The average molecular weight is 256 g/mol. The van der Waals surface area contributed by atoms with E-state index in [2.05, 4.69) is 10.3 Å². The minimum atomic E-state index is -0.395. The molecule has 4 heteroatoms. The fourth-order valence-electron chi connectivity index (χ4n) is 1.89. The first-order valence-corrected chi connectivity index (χ1v) is 6.05. The summed E-state index contributed by atoms with van der Waals surface area (Å²) in [6.45, 7) is 5.68. The van der Waals surface area contributed by atoms with Crippen LogP contribution in [-0.4, -0.2) is 10.9 Å². The molecule has 1 heterocycles. The smallest absolute Gasteiger partial charge is 0.261 e. The van der Waals surface area contributed by atoms with E-state index in [4.69, 9.17) is 0 Å². The molecule has 0 radical (unpaired) electrons. The number of hydrogen-bond donors (Lipinski definition) is 2. The van der Waals surface area contributed by atoms with Crippen molar-refractivity contribution in [2.45, 2.75) is 20.8 Å². The molecule has 0 aliphatic rings. The van der Waals surface area contributed by atoms with Crippen molar-refractivity contribution in [2.75, 3.05) is 5.32 Å². The van der Waals surface area contributed by atoms with E-state index in [0.29, 0.717) is 0 Å². The SMILES string of the molecule is Cc1ccc(NC(=O)c2c[nH]c(C)cc2=O)c(C)c1. The maximum absolute atomic E-state index is 12.1. The van der Waals surface area contributed by atoms with Crippen LogP contribution in [0.5, 0.6) is 0 Å².